The maximum Gasteiger partial charge on any atom is 0.167 e. The van der Waals surface area contributed by atoms with Gasteiger partial charge in [0.1, 0.15) is 27.9 Å². The Labute approximate surface area is 679 Å². The van der Waals surface area contributed by atoms with Crippen LogP contribution in [0.3, 0.4) is 0 Å². The van der Waals surface area contributed by atoms with Crippen molar-refractivity contribution in [3.05, 3.63) is 388 Å². The van der Waals surface area contributed by atoms with Crippen molar-refractivity contribution in [1.29, 1.82) is 0 Å². The molecule has 7 aromatic heterocycles. The maximum atomic E-state index is 7.02. The fraction of sp³-hybridized carbons (Fsp3) is 0. The second-order valence-electron chi connectivity index (χ2n) is 30.3. The quantitative estimate of drug-likeness (QED) is 0.123. The molecule has 11 heteroatoms. The molecule has 0 aliphatic carbocycles. The van der Waals surface area contributed by atoms with Crippen molar-refractivity contribution in [2.24, 2.45) is 0 Å². The lowest BCUT2D eigenvalue weighted by atomic mass is 9.93. The highest BCUT2D eigenvalue weighted by molar-refractivity contribution is 6.27. The van der Waals surface area contributed by atoms with E-state index >= 15 is 0 Å². The summed E-state index contributed by atoms with van der Waals surface area (Å²) < 4.78 is 24.7. The number of aromatic nitrogens is 8. The van der Waals surface area contributed by atoms with Crippen molar-refractivity contribution in [2.45, 2.75) is 0 Å². The summed E-state index contributed by atoms with van der Waals surface area (Å²) in [6.45, 7) is 0. The first-order valence-corrected chi connectivity index (χ1v) is 40.0. The van der Waals surface area contributed by atoms with Gasteiger partial charge >= 0.3 is 0 Å². The largest absolute Gasteiger partial charge is 0.455 e. The molecular formula is C108H64N8O3. The minimum atomic E-state index is 0.553. The van der Waals surface area contributed by atoms with Crippen molar-refractivity contribution in [3.8, 4) is 102 Å². The van der Waals surface area contributed by atoms with Gasteiger partial charge in [0.2, 0.25) is 0 Å². The molecule has 0 saturated heterocycles. The smallest absolute Gasteiger partial charge is 0.167 e. The molecule has 0 saturated carbocycles. The Morgan fingerprint density at radius 2 is 0.496 bits per heavy atom. The molecule has 0 unspecified atom stereocenters. The molecule has 25 aromatic rings. The summed E-state index contributed by atoms with van der Waals surface area (Å²) in [7, 11) is 0. The van der Waals surface area contributed by atoms with Crippen LogP contribution in [0.4, 0.5) is 0 Å². The molecule has 0 radical (unpaired) electrons. The fourth-order valence-corrected chi connectivity index (χ4v) is 18.0. The summed E-state index contributed by atoms with van der Waals surface area (Å²) in [5.41, 5.74) is 21.6. The van der Waals surface area contributed by atoms with Gasteiger partial charge in [0.25, 0.3) is 0 Å². The van der Waals surface area contributed by atoms with E-state index in [9.17, 15) is 0 Å². The van der Waals surface area contributed by atoms with Gasteiger partial charge in [-0.15, -0.1) is 0 Å². The van der Waals surface area contributed by atoms with Crippen LogP contribution in [-0.4, -0.2) is 39.0 Å². The van der Waals surface area contributed by atoms with Crippen LogP contribution in [0.2, 0.25) is 0 Å². The van der Waals surface area contributed by atoms with Gasteiger partial charge in [-0.05, 0) is 122 Å². The highest BCUT2D eigenvalue weighted by atomic mass is 16.3. The lowest BCUT2D eigenvalue weighted by Gasteiger charge is -2.15. The Hall–Kier alpha value is -16.2. The second-order valence-corrected chi connectivity index (χ2v) is 30.3. The number of hydrogen-bond donors (Lipinski definition) is 0. The normalized spacial score (nSPS) is 11.9. The lowest BCUT2D eigenvalue weighted by molar-refractivity contribution is 0.667. The van der Waals surface area contributed by atoms with Gasteiger partial charge in [-0.2, -0.15) is 0 Å². The lowest BCUT2D eigenvalue weighted by Crippen LogP contribution is -2.00. The minimum absolute atomic E-state index is 0.553. The average Bonchev–Trinajstić information content (AvgIpc) is 1.72. The molecule has 0 aliphatic rings. The van der Waals surface area contributed by atoms with Crippen molar-refractivity contribution < 1.29 is 13.3 Å². The van der Waals surface area contributed by atoms with E-state index in [0.717, 1.165) is 171 Å². The fourth-order valence-electron chi connectivity index (χ4n) is 18.0. The molecule has 0 aliphatic heterocycles. The topological polar surface area (TPSA) is 127 Å². The van der Waals surface area contributed by atoms with Crippen LogP contribution in [0.25, 0.3) is 244 Å². The summed E-state index contributed by atoms with van der Waals surface area (Å²) in [5, 5.41) is 18.4. The van der Waals surface area contributed by atoms with E-state index in [1.807, 2.05) is 152 Å². The Morgan fingerprint density at radius 3 is 1.00 bits per heavy atom. The third-order valence-electron chi connectivity index (χ3n) is 23.5. The highest BCUT2D eigenvalue weighted by Crippen LogP contribution is 2.47. The molecule has 25 rings (SSSR count). The molecule has 11 nitrogen and oxygen atoms in total. The minimum Gasteiger partial charge on any atom is -0.455 e. The number of fused-ring (bicyclic) bond motifs is 21. The Bertz CT molecular complexity index is 8300. The molecule has 0 N–H and O–H groups in total. The van der Waals surface area contributed by atoms with Crippen LogP contribution in [0, 0.1) is 0 Å². The summed E-state index contributed by atoms with van der Waals surface area (Å²) in [4.78, 5) is 30.0. The van der Waals surface area contributed by atoms with Gasteiger partial charge in [-0.1, -0.05) is 309 Å². The summed E-state index contributed by atoms with van der Waals surface area (Å²) in [6.07, 6.45) is 0. The first-order valence-electron chi connectivity index (χ1n) is 40.0. The number of nitrogens with zero attached hydrogens (tertiary/aromatic N) is 8. The van der Waals surface area contributed by atoms with Crippen LogP contribution in [0.5, 0.6) is 0 Å². The van der Waals surface area contributed by atoms with Crippen molar-refractivity contribution in [3.63, 3.8) is 0 Å². The third kappa shape index (κ3) is 11.0. The summed E-state index contributed by atoms with van der Waals surface area (Å²) >= 11 is 0. The molecule has 554 valence electrons. The van der Waals surface area contributed by atoms with Crippen LogP contribution in [-0.2, 0) is 0 Å². The zero-order valence-corrected chi connectivity index (χ0v) is 63.8. The standard InChI is InChI=1S/C57H34N4O.C51H30N4O2/c1-3-14-35(15-4-1)55-58-56(36-16-5-2-6-17-36)60-57(59-55)38-26-29-43-44-30-28-39(34-49(44)42-19-8-7-18-41(42)48(43)33-38)61-51-24-11-9-20-45(51)50-32-37(27-31-52(50)61)40-22-13-23-47-46-21-10-12-25-53(46)62-54(40)47;1-3-14-31(15-4-1)49-52-50(32-16-5-2-6-17-32)54-51(53-49)40-24-12-22-38-39-23-13-26-44(48(39)57-47(38)40)55-42-25-9-7-18-35(42)41-30-33(28-29-43(41)55)34-20-11-21-37-36-19-8-10-27-45(36)56-46(34)37/h1-34H;1-30H. The first-order chi connectivity index (χ1) is 59.0. The molecule has 18 aromatic carbocycles. The second kappa shape index (κ2) is 27.2. The SMILES string of the molecule is c1ccc(-c2nc(-c3ccccc3)nc(-c3ccc4c5ccc(-n6c7ccccc7c7cc(-c8cccc9c8oc8ccccc89)ccc76)cc5c5ccccc5c4c3)n2)cc1.c1ccc(-c2nc(-c3ccccc3)nc(-c3cccc4c3oc3c(-n5c6ccccc6c6cc(-c7cccc8c7oc7ccccc78)ccc65)cccc34)n2)cc1. The van der Waals surface area contributed by atoms with Gasteiger partial charge in [0, 0.05) is 98.5 Å². The molecule has 0 atom stereocenters. The molecular weight excluding hydrogens is 1460 g/mol. The van der Waals surface area contributed by atoms with Gasteiger partial charge in [0.05, 0.1) is 33.3 Å². The van der Waals surface area contributed by atoms with Crippen molar-refractivity contribution >= 4 is 142 Å². The van der Waals surface area contributed by atoms with Gasteiger partial charge in [0.15, 0.2) is 40.5 Å². The van der Waals surface area contributed by atoms with Gasteiger partial charge in [-0.3, -0.25) is 0 Å². The van der Waals surface area contributed by atoms with Crippen LogP contribution in [0.1, 0.15) is 0 Å². The number of para-hydroxylation sites is 8. The zero-order valence-electron chi connectivity index (χ0n) is 63.8. The summed E-state index contributed by atoms with van der Waals surface area (Å²) in [5.74, 6) is 3.70. The monoisotopic (exact) mass is 1520 g/mol. The molecule has 0 spiro atoms. The van der Waals surface area contributed by atoms with E-state index in [-0.39, 0.29) is 0 Å². The molecule has 0 bridgehead atoms. The highest BCUT2D eigenvalue weighted by Gasteiger charge is 2.25. The summed E-state index contributed by atoms with van der Waals surface area (Å²) in [6, 6.07) is 135. The Kier molecular flexibility index (Phi) is 15.4. The van der Waals surface area contributed by atoms with Crippen molar-refractivity contribution in [1.82, 2.24) is 39.0 Å². The van der Waals surface area contributed by atoms with E-state index in [1.165, 1.54) is 37.7 Å². The van der Waals surface area contributed by atoms with Crippen LogP contribution < -0.4 is 0 Å². The predicted molar refractivity (Wildman–Crippen MR) is 486 cm³/mol. The number of benzene rings is 18. The number of hydrogen-bond acceptors (Lipinski definition) is 9. The average molecular weight is 1520 g/mol. The van der Waals surface area contributed by atoms with E-state index in [4.69, 9.17) is 43.2 Å². The molecule has 0 amide bonds. The predicted octanol–water partition coefficient (Wildman–Crippen LogP) is 28.4. The Balaban J connectivity index is 0.000000136. The van der Waals surface area contributed by atoms with E-state index in [0.29, 0.717) is 34.9 Å². The molecule has 0 fully saturated rings. The molecule has 119 heavy (non-hydrogen) atoms. The van der Waals surface area contributed by atoms with E-state index in [1.54, 1.807) is 0 Å². The van der Waals surface area contributed by atoms with E-state index in [2.05, 4.69) is 246 Å². The van der Waals surface area contributed by atoms with Crippen LogP contribution >= 0.6 is 0 Å². The molecule has 7 heterocycles. The zero-order chi connectivity index (χ0) is 78.2. The van der Waals surface area contributed by atoms with Gasteiger partial charge < -0.3 is 22.4 Å². The Morgan fingerprint density at radius 1 is 0.168 bits per heavy atom. The number of furan rings is 3. The van der Waals surface area contributed by atoms with Crippen LogP contribution in [0.15, 0.2) is 401 Å². The van der Waals surface area contributed by atoms with Crippen molar-refractivity contribution in [2.75, 3.05) is 0 Å². The first kappa shape index (κ1) is 67.3. The van der Waals surface area contributed by atoms with Gasteiger partial charge in [-0.25, -0.2) is 29.9 Å². The number of rotatable bonds is 10. The maximum absolute atomic E-state index is 7.02. The van der Waals surface area contributed by atoms with E-state index < -0.39 is 0 Å². The third-order valence-corrected chi connectivity index (χ3v) is 23.5.